The largest absolute Gasteiger partial charge is 0.491 e. The summed E-state index contributed by atoms with van der Waals surface area (Å²) in [6.45, 7) is 12.9. The third kappa shape index (κ3) is 12.6. The molecule has 0 saturated heterocycles. The molecule has 56 heavy (non-hydrogen) atoms. The minimum absolute atomic E-state index is 0.0474. The van der Waals surface area contributed by atoms with E-state index in [1.165, 1.54) is 11.4 Å². The van der Waals surface area contributed by atoms with E-state index >= 15 is 0 Å². The van der Waals surface area contributed by atoms with Crippen LogP contribution in [-0.2, 0) is 0 Å². The Balaban J connectivity index is 1.15. The lowest BCUT2D eigenvalue weighted by atomic mass is 10.2. The summed E-state index contributed by atoms with van der Waals surface area (Å²) in [6, 6.07) is 43.3. The molecule has 0 aliphatic rings. The molecule has 0 saturated carbocycles. The fourth-order valence-corrected chi connectivity index (χ4v) is 6.17. The van der Waals surface area contributed by atoms with Crippen LogP contribution in [0.5, 0.6) is 11.5 Å². The molecule has 0 heterocycles. The van der Waals surface area contributed by atoms with Crippen molar-refractivity contribution in [2.45, 2.75) is 39.9 Å². The van der Waals surface area contributed by atoms with E-state index in [2.05, 4.69) is 86.0 Å². The molecule has 0 radical (unpaired) electrons. The number of hydrogen-bond donors (Lipinski definition) is 2. The van der Waals surface area contributed by atoms with E-state index < -0.39 is 12.2 Å². The van der Waals surface area contributed by atoms with E-state index in [4.69, 9.17) is 19.7 Å². The summed E-state index contributed by atoms with van der Waals surface area (Å²) < 4.78 is 12.0. The Morgan fingerprint density at radius 2 is 0.857 bits per heavy atom. The molecule has 5 rings (SSSR count). The minimum Gasteiger partial charge on any atom is -0.491 e. The molecule has 0 aliphatic heterocycles. The van der Waals surface area contributed by atoms with Gasteiger partial charge in [-0.3, -0.25) is 10.0 Å². The number of rotatable bonds is 22. The standard InChI is InChI=1S/C46H56N6O4/c1-5-49(6-2)39-26-22-37(23-27-39)31-47-51(41-16-11-9-12-17-41)33-43(53)35-55-45-20-15-21-46(30-45)56-36-44(54)34-52(42-18-13-10-14-19-42)48-32-38-24-28-40(29-25-38)50(7-3)8-4/h9-32,43-44,53-54H,5-8,33-36H2,1-4H3/b47-31+,48-32+. The lowest BCUT2D eigenvalue weighted by Crippen LogP contribution is -2.33. The summed E-state index contributed by atoms with van der Waals surface area (Å²) in [4.78, 5) is 4.59. The van der Waals surface area contributed by atoms with Crippen LogP contribution in [0.1, 0.15) is 38.8 Å². The third-order valence-electron chi connectivity index (χ3n) is 9.30. The second-order valence-electron chi connectivity index (χ2n) is 13.3. The molecule has 10 nitrogen and oxygen atoms in total. The lowest BCUT2D eigenvalue weighted by Gasteiger charge is -2.23. The van der Waals surface area contributed by atoms with Gasteiger partial charge < -0.3 is 29.5 Å². The van der Waals surface area contributed by atoms with Crippen molar-refractivity contribution in [3.8, 4) is 11.5 Å². The van der Waals surface area contributed by atoms with Gasteiger partial charge in [-0.05, 0) is 99.5 Å². The van der Waals surface area contributed by atoms with Gasteiger partial charge in [0.15, 0.2) is 0 Å². The number of aliphatic hydroxyl groups is 2. The molecule has 0 aromatic heterocycles. The normalized spacial score (nSPS) is 12.4. The molecule has 5 aromatic rings. The first-order valence-electron chi connectivity index (χ1n) is 19.5. The van der Waals surface area contributed by atoms with Gasteiger partial charge in [0, 0.05) is 43.6 Å². The Morgan fingerprint density at radius 3 is 1.21 bits per heavy atom. The highest BCUT2D eigenvalue weighted by molar-refractivity contribution is 5.82. The highest BCUT2D eigenvalue weighted by Gasteiger charge is 2.15. The molecule has 0 bridgehead atoms. The summed E-state index contributed by atoms with van der Waals surface area (Å²) in [7, 11) is 0. The second kappa shape index (κ2) is 21.9. The van der Waals surface area contributed by atoms with Gasteiger partial charge in [0.25, 0.3) is 0 Å². The van der Waals surface area contributed by atoms with Crippen molar-refractivity contribution in [3.05, 3.63) is 145 Å². The molecule has 5 aromatic carbocycles. The Kier molecular flexibility index (Phi) is 16.2. The second-order valence-corrected chi connectivity index (χ2v) is 13.3. The predicted molar refractivity (Wildman–Crippen MR) is 232 cm³/mol. The smallest absolute Gasteiger partial charge is 0.123 e. The average molecular weight is 757 g/mol. The Morgan fingerprint density at radius 1 is 0.482 bits per heavy atom. The zero-order chi connectivity index (χ0) is 39.5. The first kappa shape index (κ1) is 41.3. The quantitative estimate of drug-likeness (QED) is 0.0543. The lowest BCUT2D eigenvalue weighted by molar-refractivity contribution is 0.108. The van der Waals surface area contributed by atoms with Crippen molar-refractivity contribution in [1.29, 1.82) is 0 Å². The summed E-state index contributed by atoms with van der Waals surface area (Å²) in [5, 5.41) is 35.1. The molecule has 294 valence electrons. The maximum atomic E-state index is 11.1. The summed E-state index contributed by atoms with van der Waals surface area (Å²) in [5.74, 6) is 1.09. The maximum absolute atomic E-state index is 11.1. The molecular formula is C46H56N6O4. The minimum atomic E-state index is -0.839. The van der Waals surface area contributed by atoms with Crippen LogP contribution < -0.4 is 29.3 Å². The van der Waals surface area contributed by atoms with Gasteiger partial charge in [0.05, 0.1) is 36.9 Å². The molecule has 2 atom stereocenters. The number of hydrazone groups is 2. The van der Waals surface area contributed by atoms with Crippen LogP contribution in [0.2, 0.25) is 0 Å². The molecule has 0 fully saturated rings. The highest BCUT2D eigenvalue weighted by Crippen LogP contribution is 2.22. The van der Waals surface area contributed by atoms with Gasteiger partial charge in [0.2, 0.25) is 0 Å². The Bertz CT molecular complexity index is 1760. The van der Waals surface area contributed by atoms with Gasteiger partial charge in [-0.15, -0.1) is 0 Å². The fraction of sp³-hybridized carbons (Fsp3) is 0.304. The van der Waals surface area contributed by atoms with Gasteiger partial charge >= 0.3 is 0 Å². The van der Waals surface area contributed by atoms with Crippen LogP contribution >= 0.6 is 0 Å². The zero-order valence-corrected chi connectivity index (χ0v) is 33.1. The van der Waals surface area contributed by atoms with Crippen molar-refractivity contribution >= 4 is 35.2 Å². The number of ether oxygens (including phenoxy) is 2. The number of benzene rings is 5. The van der Waals surface area contributed by atoms with Crippen molar-refractivity contribution in [2.24, 2.45) is 10.2 Å². The van der Waals surface area contributed by atoms with E-state index in [0.29, 0.717) is 11.5 Å². The van der Waals surface area contributed by atoms with Gasteiger partial charge in [-0.2, -0.15) is 10.2 Å². The van der Waals surface area contributed by atoms with Crippen LogP contribution in [0.25, 0.3) is 0 Å². The topological polar surface area (TPSA) is 96.6 Å². The maximum Gasteiger partial charge on any atom is 0.123 e. The van der Waals surface area contributed by atoms with E-state index in [9.17, 15) is 10.2 Å². The molecule has 2 N–H and O–H groups in total. The molecule has 0 spiro atoms. The van der Waals surface area contributed by atoms with Crippen molar-refractivity contribution in [3.63, 3.8) is 0 Å². The molecule has 10 heteroatoms. The molecule has 0 amide bonds. The van der Waals surface area contributed by atoms with Crippen LogP contribution in [0.15, 0.2) is 144 Å². The highest BCUT2D eigenvalue weighted by atomic mass is 16.5. The Labute approximate surface area is 332 Å². The fourth-order valence-electron chi connectivity index (χ4n) is 6.17. The Hall–Kier alpha value is -5.84. The monoisotopic (exact) mass is 756 g/mol. The SMILES string of the molecule is CCN(CC)c1ccc(/C=N/N(CC(O)COc2cccc(OCC(O)CN(/N=C/c3ccc(N(CC)CC)cc3)c3ccccc3)c2)c2ccccc2)cc1. The number of para-hydroxylation sites is 2. The van der Waals surface area contributed by atoms with Gasteiger partial charge in [0.1, 0.15) is 36.9 Å². The number of hydrogen-bond acceptors (Lipinski definition) is 10. The predicted octanol–water partition coefficient (Wildman–Crippen LogP) is 7.94. The van der Waals surface area contributed by atoms with Gasteiger partial charge in [-0.1, -0.05) is 66.7 Å². The van der Waals surface area contributed by atoms with E-state index in [-0.39, 0.29) is 26.3 Å². The van der Waals surface area contributed by atoms with Crippen molar-refractivity contribution < 1.29 is 19.7 Å². The molecular weight excluding hydrogens is 701 g/mol. The van der Waals surface area contributed by atoms with Gasteiger partial charge in [-0.25, -0.2) is 0 Å². The van der Waals surface area contributed by atoms with Crippen LogP contribution in [0, 0.1) is 0 Å². The van der Waals surface area contributed by atoms with Crippen LogP contribution in [0.4, 0.5) is 22.7 Å². The first-order chi connectivity index (χ1) is 27.4. The average Bonchev–Trinajstić information content (AvgIpc) is 3.25. The van der Waals surface area contributed by atoms with Crippen LogP contribution in [-0.4, -0.2) is 87.3 Å². The van der Waals surface area contributed by atoms with Crippen molar-refractivity contribution in [1.82, 2.24) is 0 Å². The number of nitrogens with zero attached hydrogens (tertiary/aromatic N) is 6. The van der Waals surface area contributed by atoms with Crippen LogP contribution in [0.3, 0.4) is 0 Å². The number of anilines is 4. The number of aliphatic hydroxyl groups excluding tert-OH is 2. The van der Waals surface area contributed by atoms with Crippen molar-refractivity contribution in [2.75, 3.05) is 72.3 Å². The zero-order valence-electron chi connectivity index (χ0n) is 33.1. The summed E-state index contributed by atoms with van der Waals surface area (Å²) in [5.41, 5.74) is 6.00. The molecule has 2 unspecified atom stereocenters. The summed E-state index contributed by atoms with van der Waals surface area (Å²) >= 11 is 0. The first-order valence-corrected chi connectivity index (χ1v) is 19.5. The van der Waals surface area contributed by atoms with E-state index in [0.717, 1.165) is 48.7 Å². The van der Waals surface area contributed by atoms with E-state index in [1.807, 2.05) is 78.9 Å². The third-order valence-corrected chi connectivity index (χ3v) is 9.30. The van der Waals surface area contributed by atoms with E-state index in [1.54, 1.807) is 28.5 Å². The summed E-state index contributed by atoms with van der Waals surface area (Å²) in [6.07, 6.45) is 1.93. The molecule has 0 aliphatic carbocycles.